The van der Waals surface area contributed by atoms with Crippen molar-refractivity contribution in [2.75, 3.05) is 4.90 Å². The van der Waals surface area contributed by atoms with Crippen molar-refractivity contribution in [1.29, 1.82) is 0 Å². The lowest BCUT2D eigenvalue weighted by atomic mass is 10.0. The summed E-state index contributed by atoms with van der Waals surface area (Å²) in [7, 11) is 0. The molecule has 4 heteroatoms. The summed E-state index contributed by atoms with van der Waals surface area (Å²) in [6.45, 7) is 6.61. The van der Waals surface area contributed by atoms with Gasteiger partial charge in [0.1, 0.15) is 16.7 Å². The molecule has 0 atom stereocenters. The van der Waals surface area contributed by atoms with Gasteiger partial charge in [-0.2, -0.15) is 0 Å². The monoisotopic (exact) mass is 482 g/mol. The summed E-state index contributed by atoms with van der Waals surface area (Å²) in [6.07, 6.45) is 0. The minimum Gasteiger partial charge on any atom is -0.456 e. The number of hydrogen-bond acceptors (Lipinski definition) is 4. The van der Waals surface area contributed by atoms with E-state index < -0.39 is 0 Å². The Morgan fingerprint density at radius 3 is 2.30 bits per heavy atom. The van der Waals surface area contributed by atoms with Gasteiger partial charge in [0.2, 0.25) is 5.89 Å². The molecule has 0 aliphatic rings. The molecule has 0 aliphatic heterocycles. The van der Waals surface area contributed by atoms with E-state index in [4.69, 9.17) is 13.8 Å². The van der Waals surface area contributed by atoms with Crippen molar-refractivity contribution in [3.8, 4) is 11.5 Å². The minimum absolute atomic E-state index is 0.232. The standard InChI is InChI=1S/C33H26N2O2/c1-33(2,3)35(24-17-18-26-25-11-6-7-14-29(25)36-30(26)20-24)28-13-8-12-27-31(28)37-32(34-27)23-16-15-21-9-4-5-10-22(21)19-23/h4-20H,1-3H3. The van der Waals surface area contributed by atoms with Gasteiger partial charge in [0, 0.05) is 33.6 Å². The molecule has 5 aromatic carbocycles. The van der Waals surface area contributed by atoms with Crippen LogP contribution in [0.5, 0.6) is 0 Å². The van der Waals surface area contributed by atoms with Gasteiger partial charge in [0.05, 0.1) is 5.69 Å². The number of fused-ring (bicyclic) bond motifs is 5. The van der Waals surface area contributed by atoms with Gasteiger partial charge in [-0.1, -0.05) is 54.6 Å². The molecule has 0 unspecified atom stereocenters. The highest BCUT2D eigenvalue weighted by atomic mass is 16.3. The molecule has 0 amide bonds. The van der Waals surface area contributed by atoms with Crippen molar-refractivity contribution in [3.05, 3.63) is 103 Å². The molecule has 37 heavy (non-hydrogen) atoms. The molecular weight excluding hydrogens is 456 g/mol. The van der Waals surface area contributed by atoms with Crippen LogP contribution in [0.3, 0.4) is 0 Å². The summed E-state index contributed by atoms with van der Waals surface area (Å²) in [4.78, 5) is 7.18. The molecule has 7 rings (SSSR count). The molecule has 0 aliphatic carbocycles. The summed E-state index contributed by atoms with van der Waals surface area (Å²) >= 11 is 0. The number of anilines is 2. The van der Waals surface area contributed by atoms with Crippen LogP contribution >= 0.6 is 0 Å². The molecule has 0 N–H and O–H groups in total. The molecule has 0 bridgehead atoms. The fourth-order valence-electron chi connectivity index (χ4n) is 5.30. The Morgan fingerprint density at radius 1 is 0.649 bits per heavy atom. The first-order valence-corrected chi connectivity index (χ1v) is 12.6. The van der Waals surface area contributed by atoms with Crippen molar-refractivity contribution in [2.24, 2.45) is 0 Å². The summed E-state index contributed by atoms with van der Waals surface area (Å²) in [6, 6.07) is 35.4. The van der Waals surface area contributed by atoms with E-state index in [1.54, 1.807) is 0 Å². The van der Waals surface area contributed by atoms with Crippen LogP contribution in [0.2, 0.25) is 0 Å². The number of para-hydroxylation sites is 2. The highest BCUT2D eigenvalue weighted by Crippen LogP contribution is 2.41. The Kier molecular flexibility index (Phi) is 4.67. The van der Waals surface area contributed by atoms with Gasteiger partial charge in [-0.25, -0.2) is 4.98 Å². The average Bonchev–Trinajstić information content (AvgIpc) is 3.50. The lowest BCUT2D eigenvalue weighted by Gasteiger charge is -2.37. The maximum absolute atomic E-state index is 6.49. The highest BCUT2D eigenvalue weighted by molar-refractivity contribution is 6.06. The number of furan rings is 1. The third-order valence-electron chi connectivity index (χ3n) is 6.92. The molecule has 0 radical (unpaired) electrons. The Hall–Kier alpha value is -4.57. The second-order valence-electron chi connectivity index (χ2n) is 10.5. The summed E-state index contributed by atoms with van der Waals surface area (Å²) in [5, 5.41) is 4.61. The van der Waals surface area contributed by atoms with Crippen LogP contribution in [0.4, 0.5) is 11.4 Å². The second-order valence-corrected chi connectivity index (χ2v) is 10.5. The third kappa shape index (κ3) is 3.56. The first-order chi connectivity index (χ1) is 18.0. The quantitative estimate of drug-likeness (QED) is 0.251. The Bertz CT molecular complexity index is 1940. The summed E-state index contributed by atoms with van der Waals surface area (Å²) in [5.41, 5.74) is 6.11. The van der Waals surface area contributed by atoms with Gasteiger partial charge in [-0.05, 0) is 74.0 Å². The van der Waals surface area contributed by atoms with Crippen molar-refractivity contribution in [3.63, 3.8) is 0 Å². The van der Waals surface area contributed by atoms with Crippen LogP contribution in [0.15, 0.2) is 112 Å². The van der Waals surface area contributed by atoms with E-state index in [1.807, 2.05) is 30.3 Å². The highest BCUT2D eigenvalue weighted by Gasteiger charge is 2.28. The van der Waals surface area contributed by atoms with E-state index in [0.717, 1.165) is 55.4 Å². The fraction of sp³-hybridized carbons (Fsp3) is 0.121. The average molecular weight is 483 g/mol. The van der Waals surface area contributed by atoms with Crippen LogP contribution < -0.4 is 4.90 Å². The molecule has 2 aromatic heterocycles. The van der Waals surface area contributed by atoms with E-state index in [-0.39, 0.29) is 5.54 Å². The van der Waals surface area contributed by atoms with Crippen molar-refractivity contribution >= 4 is 55.2 Å². The lowest BCUT2D eigenvalue weighted by Crippen LogP contribution is -2.37. The van der Waals surface area contributed by atoms with Gasteiger partial charge < -0.3 is 13.7 Å². The molecule has 0 saturated heterocycles. The maximum atomic E-state index is 6.49. The predicted molar refractivity (Wildman–Crippen MR) is 153 cm³/mol. The number of rotatable bonds is 3. The lowest BCUT2D eigenvalue weighted by molar-refractivity contribution is 0.554. The molecule has 180 valence electrons. The zero-order chi connectivity index (χ0) is 25.1. The smallest absolute Gasteiger partial charge is 0.227 e. The number of oxazole rings is 1. The number of benzene rings is 5. The predicted octanol–water partition coefficient (Wildman–Crippen LogP) is 9.48. The molecule has 0 saturated carbocycles. The summed E-state index contributed by atoms with van der Waals surface area (Å²) < 4.78 is 12.7. The van der Waals surface area contributed by atoms with E-state index in [1.165, 1.54) is 5.39 Å². The largest absolute Gasteiger partial charge is 0.456 e. The van der Waals surface area contributed by atoms with E-state index in [0.29, 0.717) is 5.89 Å². The fourth-order valence-corrected chi connectivity index (χ4v) is 5.30. The topological polar surface area (TPSA) is 42.4 Å². The Balaban J connectivity index is 1.39. The maximum Gasteiger partial charge on any atom is 0.227 e. The van der Waals surface area contributed by atoms with E-state index in [2.05, 4.69) is 98.5 Å². The van der Waals surface area contributed by atoms with Gasteiger partial charge in [0.15, 0.2) is 5.58 Å². The van der Waals surface area contributed by atoms with Crippen LogP contribution in [-0.4, -0.2) is 10.5 Å². The third-order valence-corrected chi connectivity index (χ3v) is 6.92. The SMILES string of the molecule is CC(C)(C)N(c1ccc2c(c1)oc1ccccc12)c1cccc2nc(-c3ccc4ccccc4c3)oc12. The van der Waals surface area contributed by atoms with Crippen molar-refractivity contribution in [1.82, 2.24) is 4.98 Å². The molecule has 2 heterocycles. The van der Waals surface area contributed by atoms with E-state index in [9.17, 15) is 0 Å². The Labute approximate surface area is 214 Å². The van der Waals surface area contributed by atoms with Crippen molar-refractivity contribution in [2.45, 2.75) is 26.3 Å². The van der Waals surface area contributed by atoms with Crippen molar-refractivity contribution < 1.29 is 8.83 Å². The van der Waals surface area contributed by atoms with Crippen LogP contribution in [0.25, 0.3) is 55.3 Å². The van der Waals surface area contributed by atoms with Crippen LogP contribution in [0, 0.1) is 0 Å². The van der Waals surface area contributed by atoms with E-state index >= 15 is 0 Å². The van der Waals surface area contributed by atoms with Gasteiger partial charge in [0.25, 0.3) is 0 Å². The number of aromatic nitrogens is 1. The summed E-state index contributed by atoms with van der Waals surface area (Å²) in [5.74, 6) is 0.620. The molecule has 0 spiro atoms. The first kappa shape index (κ1) is 21.7. The molecule has 7 aromatic rings. The zero-order valence-corrected chi connectivity index (χ0v) is 21.0. The van der Waals surface area contributed by atoms with Gasteiger partial charge >= 0.3 is 0 Å². The van der Waals surface area contributed by atoms with Crippen LogP contribution in [-0.2, 0) is 0 Å². The molecule has 4 nitrogen and oxygen atoms in total. The first-order valence-electron chi connectivity index (χ1n) is 12.6. The number of nitrogens with zero attached hydrogens (tertiary/aromatic N) is 2. The molecule has 0 fully saturated rings. The normalized spacial score (nSPS) is 12.2. The Morgan fingerprint density at radius 2 is 1.43 bits per heavy atom. The van der Waals surface area contributed by atoms with Gasteiger partial charge in [-0.15, -0.1) is 0 Å². The molecular formula is C33H26N2O2. The van der Waals surface area contributed by atoms with Crippen LogP contribution in [0.1, 0.15) is 20.8 Å². The van der Waals surface area contributed by atoms with Gasteiger partial charge in [-0.3, -0.25) is 0 Å². The number of hydrogen-bond donors (Lipinski definition) is 0. The second kappa shape index (κ2) is 7.97. The zero-order valence-electron chi connectivity index (χ0n) is 21.0. The minimum atomic E-state index is -0.232.